The van der Waals surface area contributed by atoms with Crippen molar-refractivity contribution in [1.82, 2.24) is 9.13 Å². The fraction of sp³-hybridized carbons (Fsp3) is 0.267. The van der Waals surface area contributed by atoms with Gasteiger partial charge in [0.05, 0.1) is 46.0 Å². The van der Waals surface area contributed by atoms with Gasteiger partial charge in [0.2, 0.25) is 0 Å². The van der Waals surface area contributed by atoms with Crippen molar-refractivity contribution in [3.63, 3.8) is 0 Å². The molecule has 0 saturated carbocycles. The van der Waals surface area contributed by atoms with Crippen molar-refractivity contribution in [2.75, 3.05) is 5.73 Å². The zero-order valence-electron chi connectivity index (χ0n) is 19.6. The molecule has 0 saturated heterocycles. The zero-order chi connectivity index (χ0) is 23.7. The highest BCUT2D eigenvalue weighted by molar-refractivity contribution is 5.90. The van der Waals surface area contributed by atoms with Crippen molar-refractivity contribution in [2.45, 2.75) is 50.7 Å². The Bertz CT molecular complexity index is 1610. The molecule has 4 N–H and O–H groups in total. The number of rotatable bonds is 2. The third kappa shape index (κ3) is 2.95. The molecule has 5 aromatic rings. The molecule has 5 nitrogen and oxygen atoms in total. The van der Waals surface area contributed by atoms with E-state index < -0.39 is 12.2 Å². The number of anilines is 1. The second-order valence-electron chi connectivity index (χ2n) is 9.99. The van der Waals surface area contributed by atoms with Gasteiger partial charge in [-0.2, -0.15) is 0 Å². The molecule has 35 heavy (non-hydrogen) atoms. The van der Waals surface area contributed by atoms with E-state index in [1.54, 1.807) is 0 Å². The molecule has 0 fully saturated rings. The van der Waals surface area contributed by atoms with Crippen molar-refractivity contribution in [3.05, 3.63) is 89.2 Å². The van der Waals surface area contributed by atoms with Crippen LogP contribution in [0.4, 0.5) is 5.69 Å². The number of nitrogens with two attached hydrogens (primary N) is 1. The largest absolute Gasteiger partial charge is 0.397 e. The first-order valence-corrected chi connectivity index (χ1v) is 12.6. The lowest BCUT2D eigenvalue weighted by molar-refractivity contribution is 0.150. The van der Waals surface area contributed by atoms with Gasteiger partial charge < -0.3 is 25.1 Å². The van der Waals surface area contributed by atoms with E-state index in [9.17, 15) is 10.2 Å². The molecular formula is C30H29N3O2. The predicted molar refractivity (Wildman–Crippen MR) is 140 cm³/mol. The van der Waals surface area contributed by atoms with Gasteiger partial charge in [-0.15, -0.1) is 0 Å². The number of benzene rings is 3. The standard InChI is InChI=1S/C30H29N3O2/c31-23-16-15-18(32-24-11-3-1-7-19(24)21-9-5-13-27(34)29(21)32)17-26(23)33-25-12-4-2-8-20(25)22-10-6-14-28(35)30(22)33/h1-4,7-8,11-12,15-17,27-28,34-35H,5-6,9-10,13-14,31H2. The Kier molecular flexibility index (Phi) is 4.60. The Hall–Kier alpha value is -3.54. The number of aliphatic hydroxyl groups is 2. The first-order chi connectivity index (χ1) is 17.1. The third-order valence-electron chi connectivity index (χ3n) is 7.99. The fourth-order valence-corrected chi connectivity index (χ4v) is 6.50. The topological polar surface area (TPSA) is 76.3 Å². The van der Waals surface area contributed by atoms with Gasteiger partial charge in [0, 0.05) is 16.5 Å². The molecule has 5 heteroatoms. The summed E-state index contributed by atoms with van der Waals surface area (Å²) in [6.07, 6.45) is 4.43. The molecule has 7 rings (SSSR count). The summed E-state index contributed by atoms with van der Waals surface area (Å²) in [4.78, 5) is 0. The van der Waals surface area contributed by atoms with Crippen LogP contribution in [0.3, 0.4) is 0 Å². The summed E-state index contributed by atoms with van der Waals surface area (Å²) in [6.45, 7) is 0. The lowest BCUT2D eigenvalue weighted by Crippen LogP contribution is -2.15. The second-order valence-corrected chi connectivity index (χ2v) is 9.99. The van der Waals surface area contributed by atoms with Crippen molar-refractivity contribution in [1.29, 1.82) is 0 Å². The molecule has 2 heterocycles. The van der Waals surface area contributed by atoms with Crippen LogP contribution in [-0.2, 0) is 12.8 Å². The summed E-state index contributed by atoms with van der Waals surface area (Å²) in [7, 11) is 0. The highest BCUT2D eigenvalue weighted by atomic mass is 16.3. The van der Waals surface area contributed by atoms with E-state index >= 15 is 0 Å². The van der Waals surface area contributed by atoms with E-state index in [0.717, 1.165) is 72.3 Å². The van der Waals surface area contributed by atoms with Gasteiger partial charge >= 0.3 is 0 Å². The lowest BCUT2D eigenvalue weighted by Gasteiger charge is -2.24. The number of nitrogen functional groups attached to an aromatic ring is 1. The van der Waals surface area contributed by atoms with Gasteiger partial charge in [-0.3, -0.25) is 0 Å². The maximum atomic E-state index is 11.1. The van der Waals surface area contributed by atoms with E-state index in [4.69, 9.17) is 5.73 Å². The van der Waals surface area contributed by atoms with Crippen LogP contribution in [0.5, 0.6) is 0 Å². The molecule has 2 aliphatic carbocycles. The fourth-order valence-electron chi connectivity index (χ4n) is 6.50. The van der Waals surface area contributed by atoms with Gasteiger partial charge in [0.15, 0.2) is 0 Å². The molecule has 2 atom stereocenters. The maximum Gasteiger partial charge on any atom is 0.0946 e. The molecule has 2 aliphatic rings. The zero-order valence-corrected chi connectivity index (χ0v) is 19.6. The first-order valence-electron chi connectivity index (χ1n) is 12.6. The summed E-state index contributed by atoms with van der Waals surface area (Å²) < 4.78 is 4.38. The van der Waals surface area contributed by atoms with Crippen LogP contribution in [0.15, 0.2) is 66.7 Å². The maximum absolute atomic E-state index is 11.1. The van der Waals surface area contributed by atoms with Crippen LogP contribution in [0.1, 0.15) is 60.4 Å². The average molecular weight is 464 g/mol. The molecule has 0 aliphatic heterocycles. The van der Waals surface area contributed by atoms with Gasteiger partial charge in [-0.25, -0.2) is 0 Å². The van der Waals surface area contributed by atoms with Gasteiger partial charge in [-0.05, 0) is 80.0 Å². The first kappa shape index (κ1) is 20.8. The number of aryl methyl sites for hydroxylation is 2. The molecule has 176 valence electrons. The van der Waals surface area contributed by atoms with Gasteiger partial charge in [0.25, 0.3) is 0 Å². The highest BCUT2D eigenvalue weighted by Gasteiger charge is 2.29. The minimum absolute atomic E-state index is 0.492. The Labute approximate surface area is 204 Å². The number of aliphatic hydroxyl groups excluding tert-OH is 2. The van der Waals surface area contributed by atoms with Gasteiger partial charge in [0.1, 0.15) is 0 Å². The average Bonchev–Trinajstić information content (AvgIpc) is 3.40. The second kappa shape index (κ2) is 7.74. The predicted octanol–water partition coefficient (Wildman–Crippen LogP) is 5.90. The molecule has 0 spiro atoms. The summed E-state index contributed by atoms with van der Waals surface area (Å²) in [5.74, 6) is 0. The van der Waals surface area contributed by atoms with Crippen LogP contribution < -0.4 is 5.73 Å². The molecule has 3 aromatic carbocycles. The van der Waals surface area contributed by atoms with Gasteiger partial charge in [-0.1, -0.05) is 36.4 Å². The molecule has 2 aromatic heterocycles. The number of para-hydroxylation sites is 2. The van der Waals surface area contributed by atoms with Crippen LogP contribution in [-0.4, -0.2) is 19.3 Å². The molecular weight excluding hydrogens is 434 g/mol. The van der Waals surface area contributed by atoms with Crippen LogP contribution in [0.2, 0.25) is 0 Å². The highest BCUT2D eigenvalue weighted by Crippen LogP contribution is 2.42. The van der Waals surface area contributed by atoms with E-state index in [1.165, 1.54) is 21.9 Å². The monoisotopic (exact) mass is 463 g/mol. The van der Waals surface area contributed by atoms with Crippen molar-refractivity contribution < 1.29 is 10.2 Å². The van der Waals surface area contributed by atoms with E-state index in [0.29, 0.717) is 5.69 Å². The smallest absolute Gasteiger partial charge is 0.0946 e. The van der Waals surface area contributed by atoms with Crippen LogP contribution >= 0.6 is 0 Å². The minimum Gasteiger partial charge on any atom is -0.397 e. The lowest BCUT2D eigenvalue weighted by atomic mass is 9.93. The van der Waals surface area contributed by atoms with E-state index in [2.05, 4.69) is 57.7 Å². The number of fused-ring (bicyclic) bond motifs is 6. The Morgan fingerprint density at radius 3 is 1.86 bits per heavy atom. The summed E-state index contributed by atoms with van der Waals surface area (Å²) in [6, 6.07) is 22.9. The molecule has 0 bridgehead atoms. The van der Waals surface area contributed by atoms with E-state index in [-0.39, 0.29) is 0 Å². The number of hydrogen-bond acceptors (Lipinski definition) is 3. The Morgan fingerprint density at radius 2 is 1.23 bits per heavy atom. The van der Waals surface area contributed by atoms with Crippen molar-refractivity contribution in [2.24, 2.45) is 0 Å². The summed E-state index contributed by atoms with van der Waals surface area (Å²) in [5.41, 5.74) is 15.7. The van der Waals surface area contributed by atoms with E-state index in [1.807, 2.05) is 18.2 Å². The Balaban J connectivity index is 1.53. The van der Waals surface area contributed by atoms with Crippen molar-refractivity contribution >= 4 is 27.5 Å². The Morgan fingerprint density at radius 1 is 0.686 bits per heavy atom. The summed E-state index contributed by atoms with van der Waals surface area (Å²) in [5, 5.41) is 24.5. The molecule has 0 amide bonds. The van der Waals surface area contributed by atoms with Crippen molar-refractivity contribution in [3.8, 4) is 11.4 Å². The third-order valence-corrected chi connectivity index (χ3v) is 7.99. The number of nitrogens with zero attached hydrogens (tertiary/aromatic N) is 2. The number of hydrogen-bond donors (Lipinski definition) is 3. The number of aromatic nitrogens is 2. The SMILES string of the molecule is Nc1ccc(-n2c3c(c4ccccc42)CCCC3O)cc1-n1c2c(c3ccccc31)CCCC2O. The summed E-state index contributed by atoms with van der Waals surface area (Å²) >= 11 is 0. The van der Waals surface area contributed by atoms with Crippen LogP contribution in [0, 0.1) is 0 Å². The van der Waals surface area contributed by atoms with Crippen LogP contribution in [0.25, 0.3) is 33.2 Å². The quantitative estimate of drug-likeness (QED) is 0.286. The minimum atomic E-state index is -0.517. The molecule has 2 unspecified atom stereocenters. The normalized spacial score (nSPS) is 19.7. The molecule has 0 radical (unpaired) electrons.